The molecule has 0 fully saturated rings. The van der Waals surface area contributed by atoms with Gasteiger partial charge in [0, 0.05) is 5.56 Å². The van der Waals surface area contributed by atoms with Crippen LogP contribution >= 0.6 is 0 Å². The van der Waals surface area contributed by atoms with E-state index in [0.29, 0.717) is 12.5 Å². The van der Waals surface area contributed by atoms with Crippen LogP contribution in [-0.2, 0) is 0 Å². The van der Waals surface area contributed by atoms with E-state index in [1.54, 1.807) is 0 Å². The van der Waals surface area contributed by atoms with Gasteiger partial charge in [0.1, 0.15) is 0 Å². The van der Waals surface area contributed by atoms with Crippen molar-refractivity contribution >= 4 is 5.78 Å². The van der Waals surface area contributed by atoms with Gasteiger partial charge in [0.05, 0.1) is 6.54 Å². The van der Waals surface area contributed by atoms with E-state index in [0.717, 1.165) is 24.1 Å². The Morgan fingerprint density at radius 2 is 1.57 bits per heavy atom. The highest BCUT2D eigenvalue weighted by Crippen LogP contribution is 2.19. The number of benzene rings is 2. The first-order valence-corrected chi connectivity index (χ1v) is 7.56. The molecule has 0 saturated heterocycles. The third-order valence-corrected chi connectivity index (χ3v) is 3.50. The maximum absolute atomic E-state index is 12.1. The highest BCUT2D eigenvalue weighted by Gasteiger charge is 2.06. The molecular formula is C19H23NO. The lowest BCUT2D eigenvalue weighted by atomic mass is 10.0. The zero-order chi connectivity index (χ0) is 15.1. The second-order valence-corrected chi connectivity index (χ2v) is 5.73. The van der Waals surface area contributed by atoms with Crippen LogP contribution in [0.1, 0.15) is 30.6 Å². The van der Waals surface area contributed by atoms with Crippen molar-refractivity contribution in [3.63, 3.8) is 0 Å². The first-order valence-electron chi connectivity index (χ1n) is 7.56. The van der Waals surface area contributed by atoms with Gasteiger partial charge in [-0.25, -0.2) is 0 Å². The molecule has 0 aliphatic rings. The second-order valence-electron chi connectivity index (χ2n) is 5.73. The Labute approximate surface area is 127 Å². The summed E-state index contributed by atoms with van der Waals surface area (Å²) in [7, 11) is 0. The summed E-state index contributed by atoms with van der Waals surface area (Å²) in [6.07, 6.45) is 1.10. The quantitative estimate of drug-likeness (QED) is 0.609. The van der Waals surface area contributed by atoms with Gasteiger partial charge < -0.3 is 5.32 Å². The topological polar surface area (TPSA) is 29.1 Å². The van der Waals surface area contributed by atoms with E-state index < -0.39 is 0 Å². The summed E-state index contributed by atoms with van der Waals surface area (Å²) in [5, 5.41) is 3.21. The molecular weight excluding hydrogens is 258 g/mol. The van der Waals surface area contributed by atoms with E-state index in [4.69, 9.17) is 0 Å². The van der Waals surface area contributed by atoms with Crippen molar-refractivity contribution in [2.45, 2.75) is 20.3 Å². The Morgan fingerprint density at radius 3 is 2.19 bits per heavy atom. The maximum Gasteiger partial charge on any atom is 0.176 e. The summed E-state index contributed by atoms with van der Waals surface area (Å²) in [6.45, 7) is 5.68. The fraction of sp³-hybridized carbons (Fsp3) is 0.316. The van der Waals surface area contributed by atoms with Crippen LogP contribution in [0.25, 0.3) is 11.1 Å². The minimum Gasteiger partial charge on any atom is -0.310 e. The van der Waals surface area contributed by atoms with Gasteiger partial charge >= 0.3 is 0 Å². The van der Waals surface area contributed by atoms with Crippen molar-refractivity contribution in [2.75, 3.05) is 13.1 Å². The summed E-state index contributed by atoms with van der Waals surface area (Å²) in [6, 6.07) is 18.0. The number of carbonyl (C=O) groups is 1. The molecule has 2 aromatic rings. The number of carbonyl (C=O) groups excluding carboxylic acids is 1. The van der Waals surface area contributed by atoms with Gasteiger partial charge in [-0.15, -0.1) is 0 Å². The van der Waals surface area contributed by atoms with E-state index in [-0.39, 0.29) is 5.78 Å². The molecule has 2 aromatic carbocycles. The molecule has 0 aliphatic heterocycles. The van der Waals surface area contributed by atoms with Crippen molar-refractivity contribution in [1.82, 2.24) is 5.32 Å². The molecule has 0 aromatic heterocycles. The van der Waals surface area contributed by atoms with E-state index >= 15 is 0 Å². The SMILES string of the molecule is CC(C)CCNCC(=O)c1ccc(-c2ccccc2)cc1. The Bertz CT molecular complexity index is 558. The minimum absolute atomic E-state index is 0.151. The number of hydrogen-bond donors (Lipinski definition) is 1. The Morgan fingerprint density at radius 1 is 0.952 bits per heavy atom. The molecule has 110 valence electrons. The zero-order valence-electron chi connectivity index (χ0n) is 12.8. The monoisotopic (exact) mass is 281 g/mol. The predicted octanol–water partition coefficient (Wildman–Crippen LogP) is 4.17. The van der Waals surface area contributed by atoms with Crippen LogP contribution in [0, 0.1) is 5.92 Å². The van der Waals surface area contributed by atoms with E-state index in [1.807, 2.05) is 42.5 Å². The molecule has 0 radical (unpaired) electrons. The van der Waals surface area contributed by atoms with Crippen molar-refractivity contribution in [3.05, 3.63) is 60.2 Å². The normalized spacial score (nSPS) is 10.8. The molecule has 0 unspecified atom stereocenters. The van der Waals surface area contributed by atoms with Crippen LogP contribution in [0.2, 0.25) is 0 Å². The van der Waals surface area contributed by atoms with Gasteiger partial charge in [-0.05, 0) is 30.0 Å². The average molecular weight is 281 g/mol. The molecule has 0 aliphatic carbocycles. The lowest BCUT2D eigenvalue weighted by Crippen LogP contribution is -2.24. The molecule has 0 atom stereocenters. The summed E-state index contributed by atoms with van der Waals surface area (Å²) in [4.78, 5) is 12.1. The second kappa shape index (κ2) is 7.75. The largest absolute Gasteiger partial charge is 0.310 e. The lowest BCUT2D eigenvalue weighted by Gasteiger charge is -2.07. The fourth-order valence-electron chi connectivity index (χ4n) is 2.17. The molecule has 2 nitrogen and oxygen atoms in total. The highest BCUT2D eigenvalue weighted by atomic mass is 16.1. The van der Waals surface area contributed by atoms with E-state index in [9.17, 15) is 4.79 Å². The summed E-state index contributed by atoms with van der Waals surface area (Å²) in [5.41, 5.74) is 3.08. The number of rotatable bonds is 7. The first kappa shape index (κ1) is 15.5. The standard InChI is InChI=1S/C19H23NO/c1-15(2)12-13-20-14-19(21)18-10-8-17(9-11-18)16-6-4-3-5-7-16/h3-11,15,20H,12-14H2,1-2H3. The number of hydrogen-bond acceptors (Lipinski definition) is 2. The first-order chi connectivity index (χ1) is 10.2. The Balaban J connectivity index is 1.91. The maximum atomic E-state index is 12.1. The minimum atomic E-state index is 0.151. The van der Waals surface area contributed by atoms with E-state index in [1.165, 1.54) is 5.56 Å². The summed E-state index contributed by atoms with van der Waals surface area (Å²) < 4.78 is 0. The summed E-state index contributed by atoms with van der Waals surface area (Å²) >= 11 is 0. The number of ketones is 1. The van der Waals surface area contributed by atoms with Crippen LogP contribution in [0.3, 0.4) is 0 Å². The van der Waals surface area contributed by atoms with Crippen LogP contribution in [-0.4, -0.2) is 18.9 Å². The highest BCUT2D eigenvalue weighted by molar-refractivity contribution is 5.98. The molecule has 0 saturated carbocycles. The fourth-order valence-corrected chi connectivity index (χ4v) is 2.17. The smallest absolute Gasteiger partial charge is 0.176 e. The molecule has 0 heterocycles. The van der Waals surface area contributed by atoms with E-state index in [2.05, 4.69) is 31.3 Å². The average Bonchev–Trinajstić information content (AvgIpc) is 2.52. The number of Topliss-reactive ketones (excluding diaryl/α,β-unsaturated/α-hetero) is 1. The van der Waals surface area contributed by atoms with Crippen LogP contribution in [0.5, 0.6) is 0 Å². The predicted molar refractivity (Wildman–Crippen MR) is 88.5 cm³/mol. The van der Waals surface area contributed by atoms with Gasteiger partial charge in [0.2, 0.25) is 0 Å². The Kier molecular flexibility index (Phi) is 5.70. The zero-order valence-corrected chi connectivity index (χ0v) is 12.8. The van der Waals surface area contributed by atoms with Crippen LogP contribution in [0.15, 0.2) is 54.6 Å². The number of nitrogens with one attached hydrogen (secondary N) is 1. The van der Waals surface area contributed by atoms with Crippen LogP contribution < -0.4 is 5.32 Å². The molecule has 2 rings (SSSR count). The van der Waals surface area contributed by atoms with Crippen LogP contribution in [0.4, 0.5) is 0 Å². The molecule has 2 heteroatoms. The molecule has 0 bridgehead atoms. The van der Waals surface area contributed by atoms with Gasteiger partial charge in [0.25, 0.3) is 0 Å². The molecule has 0 amide bonds. The third kappa shape index (κ3) is 4.83. The molecule has 0 spiro atoms. The van der Waals surface area contributed by atoms with Gasteiger partial charge in [-0.2, -0.15) is 0 Å². The van der Waals surface area contributed by atoms with Gasteiger partial charge in [0.15, 0.2) is 5.78 Å². The van der Waals surface area contributed by atoms with Crippen molar-refractivity contribution < 1.29 is 4.79 Å². The van der Waals surface area contributed by atoms with Crippen molar-refractivity contribution in [1.29, 1.82) is 0 Å². The Hall–Kier alpha value is -1.93. The summed E-state index contributed by atoms with van der Waals surface area (Å²) in [5.74, 6) is 0.816. The van der Waals surface area contributed by atoms with Crippen molar-refractivity contribution in [2.24, 2.45) is 5.92 Å². The van der Waals surface area contributed by atoms with Gasteiger partial charge in [-0.1, -0.05) is 68.4 Å². The molecule has 1 N–H and O–H groups in total. The van der Waals surface area contributed by atoms with Gasteiger partial charge in [-0.3, -0.25) is 4.79 Å². The molecule has 21 heavy (non-hydrogen) atoms. The van der Waals surface area contributed by atoms with Crippen molar-refractivity contribution in [3.8, 4) is 11.1 Å². The lowest BCUT2D eigenvalue weighted by molar-refractivity contribution is 0.0991. The third-order valence-electron chi connectivity index (χ3n) is 3.50.